The van der Waals surface area contributed by atoms with Gasteiger partial charge in [-0.05, 0) is 73.1 Å². The maximum atomic E-state index is 14.3. The number of aryl methyl sites for hydroxylation is 1. The van der Waals surface area contributed by atoms with E-state index >= 15 is 0 Å². The number of hydrogen-bond acceptors (Lipinski definition) is 4. The Morgan fingerprint density at radius 1 is 0.884 bits per heavy atom. The molecule has 1 fully saturated rings. The summed E-state index contributed by atoms with van der Waals surface area (Å²) in [6.45, 7) is 7.79. The van der Waals surface area contributed by atoms with Crippen molar-refractivity contribution in [3.8, 4) is 0 Å². The zero-order chi connectivity index (χ0) is 31.0. The first-order chi connectivity index (χ1) is 20.6. The van der Waals surface area contributed by atoms with Crippen LogP contribution in [0.1, 0.15) is 81.9 Å². The van der Waals surface area contributed by atoms with E-state index in [1.807, 2.05) is 50.2 Å². The number of nitrogens with zero attached hydrogens (tertiary/aromatic N) is 2. The van der Waals surface area contributed by atoms with Gasteiger partial charge in [0.15, 0.2) is 0 Å². The maximum absolute atomic E-state index is 14.3. The molecule has 0 aliphatic heterocycles. The second-order valence-corrected chi connectivity index (χ2v) is 13.6. The van der Waals surface area contributed by atoms with Gasteiger partial charge in [0.25, 0.3) is 10.0 Å². The van der Waals surface area contributed by atoms with Gasteiger partial charge in [-0.25, -0.2) is 8.42 Å². The first-order valence-corrected chi connectivity index (χ1v) is 16.9. The molecule has 1 N–H and O–H groups in total. The van der Waals surface area contributed by atoms with E-state index in [4.69, 9.17) is 0 Å². The van der Waals surface area contributed by atoms with Gasteiger partial charge in [-0.3, -0.25) is 13.9 Å². The number of hydrogen-bond donors (Lipinski definition) is 1. The average Bonchev–Trinajstić information content (AvgIpc) is 3.01. The number of sulfonamides is 1. The lowest BCUT2D eigenvalue weighted by Gasteiger charge is -2.34. The van der Waals surface area contributed by atoms with Crippen molar-refractivity contribution in [1.29, 1.82) is 0 Å². The van der Waals surface area contributed by atoms with E-state index in [1.54, 1.807) is 35.2 Å². The largest absolute Gasteiger partial charge is 0.352 e. The summed E-state index contributed by atoms with van der Waals surface area (Å²) < 4.78 is 29.2. The fourth-order valence-electron chi connectivity index (χ4n) is 5.71. The molecule has 2 amide bonds. The Balaban J connectivity index is 1.71. The predicted octanol–water partition coefficient (Wildman–Crippen LogP) is 6.57. The quantitative estimate of drug-likeness (QED) is 0.254. The van der Waals surface area contributed by atoms with Crippen molar-refractivity contribution >= 4 is 27.5 Å². The van der Waals surface area contributed by atoms with Gasteiger partial charge in [-0.1, -0.05) is 94.6 Å². The number of rotatable bonds is 12. The number of benzene rings is 3. The van der Waals surface area contributed by atoms with Gasteiger partial charge in [-0.2, -0.15) is 0 Å². The zero-order valence-corrected chi connectivity index (χ0v) is 26.6. The predicted molar refractivity (Wildman–Crippen MR) is 172 cm³/mol. The fourth-order valence-corrected chi connectivity index (χ4v) is 7.14. The highest BCUT2D eigenvalue weighted by molar-refractivity contribution is 7.92. The molecular formula is C35H45N3O4S. The molecule has 0 radical (unpaired) electrons. The average molecular weight is 604 g/mol. The van der Waals surface area contributed by atoms with Crippen LogP contribution in [0.15, 0.2) is 83.8 Å². The van der Waals surface area contributed by atoms with Gasteiger partial charge in [0.05, 0.1) is 10.6 Å². The number of anilines is 1. The number of nitrogens with one attached hydrogen (secondary N) is 1. The summed E-state index contributed by atoms with van der Waals surface area (Å²) in [5.74, 6) is -0.344. The van der Waals surface area contributed by atoms with Gasteiger partial charge in [-0.15, -0.1) is 0 Å². The first kappa shape index (κ1) is 32.3. The molecule has 1 atom stereocenters. The van der Waals surface area contributed by atoms with E-state index in [-0.39, 0.29) is 29.3 Å². The highest BCUT2D eigenvalue weighted by Crippen LogP contribution is 2.27. The van der Waals surface area contributed by atoms with Gasteiger partial charge < -0.3 is 10.2 Å². The lowest BCUT2D eigenvalue weighted by atomic mass is 9.95. The van der Waals surface area contributed by atoms with Gasteiger partial charge >= 0.3 is 0 Å². The molecule has 230 valence electrons. The molecule has 0 bridgehead atoms. The lowest BCUT2D eigenvalue weighted by Crippen LogP contribution is -2.54. The minimum absolute atomic E-state index is 0.0974. The van der Waals surface area contributed by atoms with Crippen LogP contribution >= 0.6 is 0 Å². The molecule has 8 heteroatoms. The molecule has 43 heavy (non-hydrogen) atoms. The molecule has 1 aliphatic carbocycles. The molecule has 1 aliphatic rings. The molecule has 0 heterocycles. The Kier molecular flexibility index (Phi) is 11.0. The van der Waals surface area contributed by atoms with E-state index in [1.165, 1.54) is 22.9 Å². The fraction of sp³-hybridized carbons (Fsp3) is 0.429. The molecule has 7 nitrogen and oxygen atoms in total. The minimum atomic E-state index is -4.09. The summed E-state index contributed by atoms with van der Waals surface area (Å²) in [6, 6.07) is 22.6. The summed E-state index contributed by atoms with van der Waals surface area (Å²) in [5, 5.41) is 3.20. The summed E-state index contributed by atoms with van der Waals surface area (Å²) in [6.07, 6.45) is 5.60. The van der Waals surface area contributed by atoms with Crippen LogP contribution in [0.3, 0.4) is 0 Å². The van der Waals surface area contributed by atoms with Crippen LogP contribution in [-0.2, 0) is 26.2 Å². The van der Waals surface area contributed by atoms with E-state index in [0.717, 1.165) is 42.4 Å². The second-order valence-electron chi connectivity index (χ2n) is 11.8. The first-order valence-electron chi connectivity index (χ1n) is 15.4. The minimum Gasteiger partial charge on any atom is -0.352 e. The van der Waals surface area contributed by atoms with Crippen molar-refractivity contribution in [3.63, 3.8) is 0 Å². The normalized spacial score (nSPS) is 14.7. The second kappa shape index (κ2) is 14.7. The molecular weight excluding hydrogens is 558 g/mol. The smallest absolute Gasteiger partial charge is 0.264 e. The molecule has 0 aromatic heterocycles. The van der Waals surface area contributed by atoms with Crippen LogP contribution < -0.4 is 9.62 Å². The molecule has 3 aromatic rings. The molecule has 3 aromatic carbocycles. The van der Waals surface area contributed by atoms with E-state index in [9.17, 15) is 18.0 Å². The van der Waals surface area contributed by atoms with E-state index in [2.05, 4.69) is 19.2 Å². The Labute approximate surface area is 257 Å². The van der Waals surface area contributed by atoms with Crippen molar-refractivity contribution < 1.29 is 18.0 Å². The van der Waals surface area contributed by atoms with Gasteiger partial charge in [0.1, 0.15) is 12.6 Å². The van der Waals surface area contributed by atoms with E-state index < -0.39 is 28.5 Å². The van der Waals surface area contributed by atoms with Crippen LogP contribution in [0.2, 0.25) is 0 Å². The summed E-state index contributed by atoms with van der Waals surface area (Å²) >= 11 is 0. The SMILES string of the molecule is CC[C@@H](C(=O)NC1CCCCC1)N(Cc1ccccc1C)C(=O)CN(c1ccc(C(C)C)cc1)S(=O)(=O)c1ccccc1. The monoisotopic (exact) mass is 603 g/mol. The van der Waals surface area contributed by atoms with Crippen molar-refractivity contribution in [2.24, 2.45) is 0 Å². The zero-order valence-electron chi connectivity index (χ0n) is 25.8. The molecule has 4 rings (SSSR count). The van der Waals surface area contributed by atoms with Crippen molar-refractivity contribution in [3.05, 3.63) is 95.6 Å². The standard InChI is InChI=1S/C35H45N3O4S/c1-5-33(35(40)36-30-16-8-6-9-17-30)37(24-29-15-13-12-14-27(29)4)34(39)25-38(31-22-20-28(21-23-31)26(2)3)43(41,42)32-18-10-7-11-19-32/h7,10-15,18-23,26,30,33H,5-6,8-9,16-17,24-25H2,1-4H3,(H,36,40)/t33-/m0/s1. The highest BCUT2D eigenvalue weighted by atomic mass is 32.2. The lowest BCUT2D eigenvalue weighted by molar-refractivity contribution is -0.140. The summed E-state index contributed by atoms with van der Waals surface area (Å²) in [7, 11) is -4.09. The summed E-state index contributed by atoms with van der Waals surface area (Å²) in [5.41, 5.74) is 3.38. The maximum Gasteiger partial charge on any atom is 0.264 e. The molecule has 1 saturated carbocycles. The Morgan fingerprint density at radius 2 is 1.51 bits per heavy atom. The Morgan fingerprint density at radius 3 is 2.12 bits per heavy atom. The molecule has 0 unspecified atom stereocenters. The number of amides is 2. The molecule has 0 saturated heterocycles. The third-order valence-corrected chi connectivity index (χ3v) is 10.2. The van der Waals surface area contributed by atoms with Gasteiger partial charge in [0, 0.05) is 12.6 Å². The number of carbonyl (C=O) groups excluding carboxylic acids is 2. The summed E-state index contributed by atoms with van der Waals surface area (Å²) in [4.78, 5) is 29.7. The van der Waals surface area contributed by atoms with E-state index in [0.29, 0.717) is 12.1 Å². The van der Waals surface area contributed by atoms with Crippen molar-refractivity contribution in [1.82, 2.24) is 10.2 Å². The van der Waals surface area contributed by atoms with Crippen LogP contribution in [0.5, 0.6) is 0 Å². The third kappa shape index (κ3) is 8.05. The molecule has 0 spiro atoms. The highest BCUT2D eigenvalue weighted by Gasteiger charge is 2.34. The van der Waals surface area contributed by atoms with Gasteiger partial charge in [0.2, 0.25) is 11.8 Å². The van der Waals surface area contributed by atoms with Crippen LogP contribution in [0.4, 0.5) is 5.69 Å². The third-order valence-electron chi connectivity index (χ3n) is 8.40. The van der Waals surface area contributed by atoms with Crippen LogP contribution in [-0.4, -0.2) is 43.8 Å². The van der Waals surface area contributed by atoms with Crippen molar-refractivity contribution in [2.75, 3.05) is 10.8 Å². The van der Waals surface area contributed by atoms with Crippen LogP contribution in [0.25, 0.3) is 0 Å². The topological polar surface area (TPSA) is 86.8 Å². The van der Waals surface area contributed by atoms with Crippen LogP contribution in [0, 0.1) is 6.92 Å². The Bertz CT molecular complexity index is 1470. The van der Waals surface area contributed by atoms with Crippen molar-refractivity contribution in [2.45, 2.75) is 95.7 Å². The Hall–Kier alpha value is -3.65. The number of carbonyl (C=O) groups is 2.